The van der Waals surface area contributed by atoms with Crippen LogP contribution >= 0.6 is 0 Å². The van der Waals surface area contributed by atoms with E-state index in [1.54, 1.807) is 0 Å². The second kappa shape index (κ2) is 7.09. The van der Waals surface area contributed by atoms with Crippen molar-refractivity contribution in [2.24, 2.45) is 5.92 Å². The topological polar surface area (TPSA) is 55.4 Å². The average Bonchev–Trinajstić information content (AvgIpc) is 2.91. The van der Waals surface area contributed by atoms with E-state index in [4.69, 9.17) is 4.74 Å². The monoisotopic (exact) mass is 337 g/mol. The van der Waals surface area contributed by atoms with Crippen molar-refractivity contribution in [2.45, 2.75) is 32.7 Å². The lowest BCUT2D eigenvalue weighted by Crippen LogP contribution is -2.43. The minimum absolute atomic E-state index is 0.0213. The summed E-state index contributed by atoms with van der Waals surface area (Å²) in [6, 6.07) is 15.9. The Balaban J connectivity index is 1.73. The Morgan fingerprint density at radius 1 is 1.00 bits per heavy atom. The van der Waals surface area contributed by atoms with E-state index in [1.807, 2.05) is 38.1 Å². The third-order valence-electron chi connectivity index (χ3n) is 4.72. The van der Waals surface area contributed by atoms with Crippen molar-refractivity contribution in [3.63, 3.8) is 0 Å². The molecular formula is C21H23NO3. The Hall–Kier alpha value is -2.62. The van der Waals surface area contributed by atoms with Gasteiger partial charge in [-0.2, -0.15) is 0 Å². The summed E-state index contributed by atoms with van der Waals surface area (Å²) >= 11 is 0. The van der Waals surface area contributed by atoms with Crippen molar-refractivity contribution < 1.29 is 14.3 Å². The zero-order chi connectivity index (χ0) is 18.0. The number of nitrogens with one attached hydrogen (secondary N) is 1. The van der Waals surface area contributed by atoms with Gasteiger partial charge in [0.2, 0.25) is 0 Å². The number of carbonyl (C=O) groups excluding carboxylic acids is 2. The molecule has 130 valence electrons. The molecule has 0 bridgehead atoms. The van der Waals surface area contributed by atoms with Crippen molar-refractivity contribution in [2.75, 3.05) is 6.61 Å². The van der Waals surface area contributed by atoms with Gasteiger partial charge in [0, 0.05) is 5.92 Å². The maximum atomic E-state index is 12.2. The summed E-state index contributed by atoms with van der Waals surface area (Å²) < 4.78 is 5.47. The van der Waals surface area contributed by atoms with E-state index < -0.39 is 12.1 Å². The van der Waals surface area contributed by atoms with Crippen LogP contribution < -0.4 is 5.32 Å². The lowest BCUT2D eigenvalue weighted by Gasteiger charge is -2.20. The van der Waals surface area contributed by atoms with Crippen molar-refractivity contribution >= 4 is 11.9 Å². The fraction of sp³-hybridized carbons (Fsp3) is 0.333. The molecule has 4 nitrogen and oxygen atoms in total. The van der Waals surface area contributed by atoms with Gasteiger partial charge in [0.25, 0.3) is 0 Å². The standard InChI is InChI=1S/C21H23NO3/c1-13(2)20(14(3)23)22-21(24)25-12-19-17-10-6-4-8-15(17)16-9-5-7-11-18(16)19/h4-11,13,19-20H,12H2,1-3H3,(H,22,24)/t20-/m1/s1. The van der Waals surface area contributed by atoms with Crippen molar-refractivity contribution in [1.29, 1.82) is 0 Å². The van der Waals surface area contributed by atoms with Crippen LogP contribution in [0.3, 0.4) is 0 Å². The first-order valence-corrected chi connectivity index (χ1v) is 8.61. The Labute approximate surface area is 148 Å². The predicted octanol–water partition coefficient (Wildman–Crippen LogP) is 4.14. The van der Waals surface area contributed by atoms with E-state index in [9.17, 15) is 9.59 Å². The minimum Gasteiger partial charge on any atom is -0.449 e. The van der Waals surface area contributed by atoms with Gasteiger partial charge in [0.05, 0.1) is 6.04 Å². The van der Waals surface area contributed by atoms with Gasteiger partial charge in [-0.1, -0.05) is 62.4 Å². The Bertz CT molecular complexity index is 752. The molecule has 1 aliphatic carbocycles. The number of hydrogen-bond donors (Lipinski definition) is 1. The Morgan fingerprint density at radius 2 is 1.52 bits per heavy atom. The van der Waals surface area contributed by atoms with Gasteiger partial charge in [-0.3, -0.25) is 4.79 Å². The highest BCUT2D eigenvalue weighted by Crippen LogP contribution is 2.44. The fourth-order valence-electron chi connectivity index (χ4n) is 3.50. The maximum absolute atomic E-state index is 12.2. The van der Waals surface area contributed by atoms with Crippen LogP contribution in [0.1, 0.15) is 37.8 Å². The van der Waals surface area contributed by atoms with E-state index in [2.05, 4.69) is 29.6 Å². The average molecular weight is 337 g/mol. The number of ketones is 1. The van der Waals surface area contributed by atoms with Gasteiger partial charge in [0.15, 0.2) is 5.78 Å². The molecule has 2 aromatic rings. The van der Waals surface area contributed by atoms with E-state index in [0.717, 1.165) is 0 Å². The highest BCUT2D eigenvalue weighted by molar-refractivity contribution is 5.85. The number of alkyl carbamates (subject to hydrolysis) is 1. The van der Waals surface area contributed by atoms with Crippen LogP contribution in [0.2, 0.25) is 0 Å². The molecule has 1 atom stereocenters. The minimum atomic E-state index is -0.546. The number of ether oxygens (including phenoxy) is 1. The molecule has 0 saturated heterocycles. The first kappa shape index (κ1) is 17.2. The SMILES string of the molecule is CC(=O)[C@H](NC(=O)OCC1c2ccccc2-c2ccccc21)C(C)C. The van der Waals surface area contributed by atoms with Crippen LogP contribution in [0, 0.1) is 5.92 Å². The van der Waals surface area contributed by atoms with Crippen LogP contribution in [0.4, 0.5) is 4.79 Å². The highest BCUT2D eigenvalue weighted by Gasteiger charge is 2.29. The number of amides is 1. The molecule has 1 amide bonds. The van der Waals surface area contributed by atoms with Crippen LogP contribution in [-0.2, 0) is 9.53 Å². The largest absolute Gasteiger partial charge is 0.449 e. The Kier molecular flexibility index (Phi) is 4.88. The number of carbonyl (C=O) groups is 2. The normalized spacial score (nSPS) is 13.9. The Morgan fingerprint density at radius 3 is 2.00 bits per heavy atom. The summed E-state index contributed by atoms with van der Waals surface area (Å²) in [5.74, 6) is -0.0190. The molecule has 0 fully saturated rings. The molecule has 0 spiro atoms. The van der Waals surface area contributed by atoms with E-state index >= 15 is 0 Å². The molecule has 0 unspecified atom stereocenters. The maximum Gasteiger partial charge on any atom is 0.407 e. The molecule has 0 heterocycles. The van der Waals surface area contributed by atoms with Crippen LogP contribution in [-0.4, -0.2) is 24.5 Å². The molecule has 0 aliphatic heterocycles. The molecule has 1 N–H and O–H groups in total. The first-order chi connectivity index (χ1) is 12.0. The fourth-order valence-corrected chi connectivity index (χ4v) is 3.50. The second-order valence-corrected chi connectivity index (χ2v) is 6.80. The zero-order valence-electron chi connectivity index (χ0n) is 14.8. The summed E-state index contributed by atoms with van der Waals surface area (Å²) in [6.45, 7) is 5.53. The summed E-state index contributed by atoms with van der Waals surface area (Å²) in [7, 11) is 0. The van der Waals surface area contributed by atoms with E-state index in [1.165, 1.54) is 29.2 Å². The predicted molar refractivity (Wildman–Crippen MR) is 97.5 cm³/mol. The molecule has 0 aromatic heterocycles. The van der Waals surface area contributed by atoms with Gasteiger partial charge in [-0.15, -0.1) is 0 Å². The molecule has 0 radical (unpaired) electrons. The molecule has 25 heavy (non-hydrogen) atoms. The number of Topliss-reactive ketones (excluding diaryl/α,β-unsaturated/α-hetero) is 1. The van der Waals surface area contributed by atoms with Gasteiger partial charge >= 0.3 is 6.09 Å². The molecule has 2 aromatic carbocycles. The number of hydrogen-bond acceptors (Lipinski definition) is 3. The third-order valence-corrected chi connectivity index (χ3v) is 4.72. The van der Waals surface area contributed by atoms with E-state index in [-0.39, 0.29) is 24.2 Å². The first-order valence-electron chi connectivity index (χ1n) is 8.61. The molecular weight excluding hydrogens is 314 g/mol. The van der Waals surface area contributed by atoms with Gasteiger partial charge < -0.3 is 10.1 Å². The zero-order valence-corrected chi connectivity index (χ0v) is 14.8. The summed E-state index contributed by atoms with van der Waals surface area (Å²) in [5.41, 5.74) is 4.72. The van der Waals surface area contributed by atoms with Gasteiger partial charge in [-0.25, -0.2) is 4.79 Å². The lowest BCUT2D eigenvalue weighted by atomic mass is 9.98. The van der Waals surface area contributed by atoms with Crippen molar-refractivity contribution in [3.8, 4) is 11.1 Å². The third kappa shape index (κ3) is 3.43. The number of benzene rings is 2. The molecule has 0 saturated carbocycles. The van der Waals surface area contributed by atoms with Gasteiger partial charge in [0.1, 0.15) is 6.61 Å². The van der Waals surface area contributed by atoms with Crippen molar-refractivity contribution in [3.05, 3.63) is 59.7 Å². The summed E-state index contributed by atoms with van der Waals surface area (Å²) in [6.07, 6.45) is -0.546. The number of fused-ring (bicyclic) bond motifs is 3. The lowest BCUT2D eigenvalue weighted by molar-refractivity contribution is -0.119. The smallest absolute Gasteiger partial charge is 0.407 e. The highest BCUT2D eigenvalue weighted by atomic mass is 16.5. The van der Waals surface area contributed by atoms with Crippen LogP contribution in [0.5, 0.6) is 0 Å². The molecule has 3 rings (SSSR count). The second-order valence-electron chi connectivity index (χ2n) is 6.80. The summed E-state index contributed by atoms with van der Waals surface area (Å²) in [5, 5.41) is 2.68. The van der Waals surface area contributed by atoms with Crippen LogP contribution in [0.15, 0.2) is 48.5 Å². The van der Waals surface area contributed by atoms with Crippen LogP contribution in [0.25, 0.3) is 11.1 Å². The quantitative estimate of drug-likeness (QED) is 0.892. The van der Waals surface area contributed by atoms with E-state index in [0.29, 0.717) is 0 Å². The summed E-state index contributed by atoms with van der Waals surface area (Å²) in [4.78, 5) is 23.8. The van der Waals surface area contributed by atoms with Gasteiger partial charge in [-0.05, 0) is 35.1 Å². The van der Waals surface area contributed by atoms with Crippen molar-refractivity contribution in [1.82, 2.24) is 5.32 Å². The molecule has 4 heteroatoms. The number of rotatable bonds is 5. The molecule has 1 aliphatic rings.